The number of para-hydroxylation sites is 1. The molecule has 1 aromatic carbocycles. The van der Waals surface area contributed by atoms with E-state index in [-0.39, 0.29) is 6.04 Å². The van der Waals surface area contributed by atoms with Crippen molar-refractivity contribution in [3.05, 3.63) is 52.2 Å². The minimum absolute atomic E-state index is 0.0942. The van der Waals surface area contributed by atoms with Crippen molar-refractivity contribution in [2.24, 2.45) is 10.7 Å². The van der Waals surface area contributed by atoms with E-state index in [0.29, 0.717) is 19.1 Å². The van der Waals surface area contributed by atoms with Crippen molar-refractivity contribution in [2.75, 3.05) is 13.2 Å². The topological polar surface area (TPSA) is 59.6 Å². The van der Waals surface area contributed by atoms with Crippen molar-refractivity contribution in [1.82, 2.24) is 5.32 Å². The summed E-state index contributed by atoms with van der Waals surface area (Å²) in [6.07, 6.45) is 0.928. The standard InChI is InChI=1S/C15H17N3OS/c16-15(17-8-7-11-4-3-9-20-11)18-13-10-19-14-6-2-1-5-12(13)14/h1-6,9,13H,7-8,10H2,(H3,16,17,18). The molecule has 1 atom stereocenters. The van der Waals surface area contributed by atoms with Crippen LogP contribution in [0.2, 0.25) is 0 Å². The Morgan fingerprint density at radius 3 is 3.10 bits per heavy atom. The molecule has 5 heteroatoms. The van der Waals surface area contributed by atoms with E-state index in [9.17, 15) is 0 Å². The van der Waals surface area contributed by atoms with Gasteiger partial charge in [-0.05, 0) is 17.5 Å². The zero-order valence-electron chi connectivity index (χ0n) is 11.1. The lowest BCUT2D eigenvalue weighted by Crippen LogP contribution is -2.36. The van der Waals surface area contributed by atoms with Gasteiger partial charge in [0.05, 0.1) is 6.04 Å². The lowest BCUT2D eigenvalue weighted by molar-refractivity contribution is 0.324. The fourth-order valence-electron chi connectivity index (χ4n) is 2.25. The third kappa shape index (κ3) is 2.93. The number of hydrogen-bond donors (Lipinski definition) is 2. The summed E-state index contributed by atoms with van der Waals surface area (Å²) in [5, 5.41) is 5.30. The number of rotatable bonds is 4. The van der Waals surface area contributed by atoms with Gasteiger partial charge in [0.2, 0.25) is 0 Å². The van der Waals surface area contributed by atoms with E-state index in [4.69, 9.17) is 10.5 Å². The largest absolute Gasteiger partial charge is 0.491 e. The van der Waals surface area contributed by atoms with Crippen LogP contribution >= 0.6 is 11.3 Å². The van der Waals surface area contributed by atoms with Crippen molar-refractivity contribution in [3.63, 3.8) is 0 Å². The highest BCUT2D eigenvalue weighted by molar-refractivity contribution is 7.09. The van der Waals surface area contributed by atoms with Gasteiger partial charge in [0.25, 0.3) is 0 Å². The minimum atomic E-state index is 0.0942. The Bertz CT molecular complexity index is 595. The summed E-state index contributed by atoms with van der Waals surface area (Å²) >= 11 is 1.75. The Balaban J connectivity index is 1.55. The number of nitrogens with one attached hydrogen (secondary N) is 1. The van der Waals surface area contributed by atoms with Gasteiger partial charge in [-0.2, -0.15) is 0 Å². The third-order valence-corrected chi connectivity index (χ3v) is 4.18. The SMILES string of the molecule is NC(=NCCc1cccs1)NC1COc2ccccc21. The minimum Gasteiger partial charge on any atom is -0.491 e. The average molecular weight is 287 g/mol. The second-order valence-electron chi connectivity index (χ2n) is 4.64. The van der Waals surface area contributed by atoms with Crippen LogP contribution in [0.5, 0.6) is 5.75 Å². The molecule has 0 amide bonds. The Labute approximate surface area is 122 Å². The molecule has 3 rings (SSSR count). The number of benzene rings is 1. The molecule has 0 spiro atoms. The van der Waals surface area contributed by atoms with Gasteiger partial charge >= 0.3 is 0 Å². The molecule has 0 aliphatic carbocycles. The average Bonchev–Trinajstić information content (AvgIpc) is 3.09. The van der Waals surface area contributed by atoms with Crippen molar-refractivity contribution >= 4 is 17.3 Å². The second kappa shape index (κ2) is 5.96. The quantitative estimate of drug-likeness (QED) is 0.670. The van der Waals surface area contributed by atoms with Crippen molar-refractivity contribution in [1.29, 1.82) is 0 Å². The fourth-order valence-corrected chi connectivity index (χ4v) is 2.95. The molecule has 1 aliphatic rings. The molecule has 0 fully saturated rings. The van der Waals surface area contributed by atoms with Crippen LogP contribution in [0.3, 0.4) is 0 Å². The van der Waals surface area contributed by atoms with E-state index in [1.165, 1.54) is 4.88 Å². The number of fused-ring (bicyclic) bond motifs is 1. The lowest BCUT2D eigenvalue weighted by atomic mass is 10.1. The summed E-state index contributed by atoms with van der Waals surface area (Å²) in [6, 6.07) is 12.3. The van der Waals surface area contributed by atoms with Crippen LogP contribution in [-0.4, -0.2) is 19.1 Å². The molecule has 20 heavy (non-hydrogen) atoms. The van der Waals surface area contributed by atoms with Gasteiger partial charge in [-0.3, -0.25) is 4.99 Å². The van der Waals surface area contributed by atoms with Crippen LogP contribution in [0.1, 0.15) is 16.5 Å². The molecule has 2 aromatic rings. The van der Waals surface area contributed by atoms with Gasteiger partial charge in [-0.15, -0.1) is 11.3 Å². The van der Waals surface area contributed by atoms with Crippen molar-refractivity contribution < 1.29 is 4.74 Å². The van der Waals surface area contributed by atoms with E-state index in [1.54, 1.807) is 11.3 Å². The first-order chi connectivity index (χ1) is 9.83. The van der Waals surface area contributed by atoms with Crippen LogP contribution in [0.15, 0.2) is 46.8 Å². The van der Waals surface area contributed by atoms with E-state index >= 15 is 0 Å². The molecule has 1 unspecified atom stereocenters. The van der Waals surface area contributed by atoms with Crippen LogP contribution < -0.4 is 15.8 Å². The van der Waals surface area contributed by atoms with Gasteiger partial charge in [0.15, 0.2) is 5.96 Å². The molecule has 0 radical (unpaired) electrons. The highest BCUT2D eigenvalue weighted by Crippen LogP contribution is 2.31. The molecular formula is C15H17N3OS. The molecule has 1 aromatic heterocycles. The van der Waals surface area contributed by atoms with Crippen LogP contribution in [-0.2, 0) is 6.42 Å². The Morgan fingerprint density at radius 1 is 1.35 bits per heavy atom. The predicted molar refractivity (Wildman–Crippen MR) is 82.3 cm³/mol. The molecule has 4 nitrogen and oxygen atoms in total. The number of guanidine groups is 1. The summed E-state index contributed by atoms with van der Waals surface area (Å²) in [5.74, 6) is 1.41. The highest BCUT2D eigenvalue weighted by Gasteiger charge is 2.23. The number of aliphatic imine (C=N–C) groups is 1. The molecule has 1 aliphatic heterocycles. The number of thiophene rings is 1. The maximum Gasteiger partial charge on any atom is 0.189 e. The van der Waals surface area contributed by atoms with Gasteiger partial charge in [0.1, 0.15) is 12.4 Å². The molecule has 2 heterocycles. The predicted octanol–water partition coefficient (Wildman–Crippen LogP) is 2.33. The van der Waals surface area contributed by atoms with Gasteiger partial charge < -0.3 is 15.8 Å². The number of nitrogens with two attached hydrogens (primary N) is 1. The van der Waals surface area contributed by atoms with E-state index < -0.39 is 0 Å². The first-order valence-electron chi connectivity index (χ1n) is 6.63. The summed E-state index contributed by atoms with van der Waals surface area (Å²) in [4.78, 5) is 5.70. The van der Waals surface area contributed by atoms with E-state index in [2.05, 4.69) is 33.9 Å². The maximum atomic E-state index is 5.94. The highest BCUT2D eigenvalue weighted by atomic mass is 32.1. The first kappa shape index (κ1) is 13.0. The van der Waals surface area contributed by atoms with Gasteiger partial charge in [-0.25, -0.2) is 0 Å². The number of hydrogen-bond acceptors (Lipinski definition) is 3. The molecular weight excluding hydrogens is 270 g/mol. The first-order valence-corrected chi connectivity index (χ1v) is 7.51. The molecule has 0 bridgehead atoms. The number of nitrogens with zero attached hydrogens (tertiary/aromatic N) is 1. The molecule has 0 saturated carbocycles. The third-order valence-electron chi connectivity index (χ3n) is 3.24. The lowest BCUT2D eigenvalue weighted by Gasteiger charge is -2.12. The second-order valence-corrected chi connectivity index (χ2v) is 5.67. The summed E-state index contributed by atoms with van der Waals surface area (Å²) < 4.78 is 5.60. The summed E-state index contributed by atoms with van der Waals surface area (Å²) in [6.45, 7) is 1.30. The van der Waals surface area contributed by atoms with Crippen LogP contribution in [0.25, 0.3) is 0 Å². The zero-order valence-corrected chi connectivity index (χ0v) is 11.9. The Kier molecular flexibility index (Phi) is 3.87. The fraction of sp³-hybridized carbons (Fsp3) is 0.267. The van der Waals surface area contributed by atoms with Gasteiger partial charge in [-0.1, -0.05) is 24.3 Å². The number of ether oxygens (including phenoxy) is 1. The molecule has 0 saturated heterocycles. The normalized spacial score (nSPS) is 17.6. The van der Waals surface area contributed by atoms with Gasteiger partial charge in [0, 0.05) is 23.4 Å². The summed E-state index contributed by atoms with van der Waals surface area (Å²) in [5.41, 5.74) is 7.08. The zero-order chi connectivity index (χ0) is 13.8. The molecule has 3 N–H and O–H groups in total. The smallest absolute Gasteiger partial charge is 0.189 e. The van der Waals surface area contributed by atoms with Crippen molar-refractivity contribution in [3.8, 4) is 5.75 Å². The Morgan fingerprint density at radius 2 is 2.25 bits per heavy atom. The summed E-state index contributed by atoms with van der Waals surface area (Å²) in [7, 11) is 0. The molecule has 104 valence electrons. The van der Waals surface area contributed by atoms with Crippen molar-refractivity contribution in [2.45, 2.75) is 12.5 Å². The monoisotopic (exact) mass is 287 g/mol. The Hall–Kier alpha value is -2.01. The van der Waals surface area contributed by atoms with Crippen LogP contribution in [0.4, 0.5) is 0 Å². The van der Waals surface area contributed by atoms with Crippen LogP contribution in [0, 0.1) is 0 Å². The maximum absolute atomic E-state index is 5.94. The van der Waals surface area contributed by atoms with E-state index in [0.717, 1.165) is 17.7 Å². The van der Waals surface area contributed by atoms with E-state index in [1.807, 2.05) is 18.2 Å².